The smallest absolute Gasteiger partial charge is 0.161 e. The van der Waals surface area contributed by atoms with Gasteiger partial charge in [-0.05, 0) is 79.4 Å². The molecule has 3 aromatic carbocycles. The number of carbonyl (C=O) groups is 1. The van der Waals surface area contributed by atoms with Crippen LogP contribution >= 0.6 is 34.8 Å². The molecule has 194 valence electrons. The van der Waals surface area contributed by atoms with Gasteiger partial charge in [-0.3, -0.25) is 15.1 Å². The molecule has 5 nitrogen and oxygen atoms in total. The van der Waals surface area contributed by atoms with Crippen LogP contribution in [-0.2, 0) is 4.79 Å². The van der Waals surface area contributed by atoms with Crippen molar-refractivity contribution in [2.24, 2.45) is 0 Å². The summed E-state index contributed by atoms with van der Waals surface area (Å²) in [5.41, 5.74) is 4.05. The fraction of sp³-hybridized carbons (Fsp3) is 0.200. The van der Waals surface area contributed by atoms with E-state index in [1.165, 1.54) is 0 Å². The molecule has 1 atom stereocenters. The second-order valence-electron chi connectivity index (χ2n) is 9.29. The Morgan fingerprint density at radius 3 is 2.45 bits per heavy atom. The summed E-state index contributed by atoms with van der Waals surface area (Å²) in [6.07, 6.45) is 1.62. The van der Waals surface area contributed by atoms with Gasteiger partial charge in [-0.1, -0.05) is 46.9 Å². The van der Waals surface area contributed by atoms with E-state index in [1.807, 2.05) is 19.1 Å². The Morgan fingerprint density at radius 1 is 1.03 bits per heavy atom. The number of ketones is 1. The highest BCUT2D eigenvalue weighted by atomic mass is 35.5. The zero-order valence-electron chi connectivity index (χ0n) is 20.8. The molecule has 38 heavy (non-hydrogen) atoms. The number of halogens is 3. The fourth-order valence-electron chi connectivity index (χ4n) is 5.25. The largest absolute Gasteiger partial charge is 0.507 e. The quantitative estimate of drug-likeness (QED) is 0.310. The first kappa shape index (κ1) is 26.4. The van der Waals surface area contributed by atoms with Crippen LogP contribution in [0.3, 0.4) is 0 Å². The van der Waals surface area contributed by atoms with Crippen LogP contribution in [0, 0.1) is 12.3 Å². The number of methoxy groups -OCH3 is 1. The number of anilines is 1. The van der Waals surface area contributed by atoms with Crippen molar-refractivity contribution in [3.8, 4) is 5.75 Å². The summed E-state index contributed by atoms with van der Waals surface area (Å²) in [6, 6.07) is 17.5. The maximum absolute atomic E-state index is 13.6. The summed E-state index contributed by atoms with van der Waals surface area (Å²) in [5, 5.41) is 22.6. The molecule has 0 saturated heterocycles. The molecule has 0 saturated carbocycles. The molecule has 1 aliphatic heterocycles. The lowest BCUT2D eigenvalue weighted by Crippen LogP contribution is -2.42. The van der Waals surface area contributed by atoms with Gasteiger partial charge >= 0.3 is 0 Å². The van der Waals surface area contributed by atoms with Crippen molar-refractivity contribution in [2.75, 3.05) is 12.0 Å². The molecule has 0 spiro atoms. The summed E-state index contributed by atoms with van der Waals surface area (Å²) in [7, 11) is 1.57. The van der Waals surface area contributed by atoms with Gasteiger partial charge in [-0.25, -0.2) is 0 Å². The Bertz CT molecular complexity index is 1530. The van der Waals surface area contributed by atoms with Crippen LogP contribution in [0.5, 0.6) is 5.75 Å². The van der Waals surface area contributed by atoms with Crippen LogP contribution in [0.15, 0.2) is 77.5 Å². The molecule has 1 unspecified atom stereocenters. The SMILES string of the molecule is COc1ccc(/C(O)=C2\C(=N)N(c3cccc(Cl)c3C)C3=C(C(=O)CCC3)C2c2ccc(Cl)cc2Cl)cc1. The highest BCUT2D eigenvalue weighted by Gasteiger charge is 2.44. The van der Waals surface area contributed by atoms with E-state index in [1.54, 1.807) is 60.5 Å². The van der Waals surface area contributed by atoms with Gasteiger partial charge < -0.3 is 9.84 Å². The van der Waals surface area contributed by atoms with E-state index in [0.29, 0.717) is 62.5 Å². The van der Waals surface area contributed by atoms with Gasteiger partial charge in [0, 0.05) is 49.8 Å². The molecular weight excluding hydrogens is 543 g/mol. The molecule has 8 heteroatoms. The third kappa shape index (κ3) is 4.49. The zero-order valence-corrected chi connectivity index (χ0v) is 23.1. The number of hydrogen-bond donors (Lipinski definition) is 2. The first-order valence-electron chi connectivity index (χ1n) is 12.2. The van der Waals surface area contributed by atoms with Crippen LogP contribution in [0.4, 0.5) is 5.69 Å². The lowest BCUT2D eigenvalue weighted by atomic mass is 9.73. The maximum atomic E-state index is 13.6. The molecule has 5 rings (SSSR count). The van der Waals surface area contributed by atoms with Gasteiger partial charge in [0.05, 0.1) is 12.8 Å². The lowest BCUT2D eigenvalue weighted by molar-refractivity contribution is -0.116. The van der Waals surface area contributed by atoms with Crippen molar-refractivity contribution in [1.82, 2.24) is 0 Å². The normalized spacial score (nSPS) is 19.0. The zero-order chi connectivity index (χ0) is 27.1. The van der Waals surface area contributed by atoms with Gasteiger partial charge in [-0.15, -0.1) is 0 Å². The van der Waals surface area contributed by atoms with Gasteiger partial charge in [0.1, 0.15) is 17.3 Å². The van der Waals surface area contributed by atoms with Crippen LogP contribution in [0.2, 0.25) is 15.1 Å². The number of ether oxygens (including phenoxy) is 1. The van der Waals surface area contributed by atoms with Crippen molar-refractivity contribution in [1.29, 1.82) is 5.41 Å². The summed E-state index contributed by atoms with van der Waals surface area (Å²) in [5.74, 6) is -0.241. The minimum absolute atomic E-state index is 0.0421. The van der Waals surface area contributed by atoms with Crippen molar-refractivity contribution in [2.45, 2.75) is 32.1 Å². The first-order chi connectivity index (χ1) is 18.2. The first-order valence-corrected chi connectivity index (χ1v) is 13.3. The predicted octanol–water partition coefficient (Wildman–Crippen LogP) is 8.52. The minimum Gasteiger partial charge on any atom is -0.507 e. The number of carbonyl (C=O) groups excluding carboxylic acids is 1. The number of benzene rings is 3. The van der Waals surface area contributed by atoms with E-state index in [-0.39, 0.29) is 23.0 Å². The highest BCUT2D eigenvalue weighted by molar-refractivity contribution is 6.35. The van der Waals surface area contributed by atoms with Crippen LogP contribution in [-0.4, -0.2) is 23.8 Å². The standard InChI is InChI=1S/C30H25Cl3N2O3/c1-16-21(32)5-3-6-23(16)35-24-7-4-8-25(36)27(24)26(20-14-11-18(31)15-22(20)33)28(30(35)34)29(37)17-9-12-19(38-2)13-10-17/h3,5-6,9-15,26,34,37H,4,7-8H2,1-2H3/b29-28+,34-30?. The Kier molecular flexibility index (Phi) is 7.28. The van der Waals surface area contributed by atoms with E-state index in [9.17, 15) is 15.3 Å². The highest BCUT2D eigenvalue weighted by Crippen LogP contribution is 2.50. The van der Waals surface area contributed by atoms with Crippen molar-refractivity contribution in [3.05, 3.63) is 109 Å². The van der Waals surface area contributed by atoms with E-state index in [4.69, 9.17) is 39.5 Å². The molecule has 3 aromatic rings. The number of amidine groups is 1. The van der Waals surface area contributed by atoms with Crippen LogP contribution in [0.1, 0.15) is 41.9 Å². The number of hydrogen-bond acceptors (Lipinski definition) is 4. The predicted molar refractivity (Wildman–Crippen MR) is 154 cm³/mol. The molecule has 0 amide bonds. The summed E-state index contributed by atoms with van der Waals surface area (Å²) >= 11 is 19.4. The van der Waals surface area contributed by atoms with E-state index < -0.39 is 5.92 Å². The topological polar surface area (TPSA) is 73.6 Å². The summed E-state index contributed by atoms with van der Waals surface area (Å²) in [6.45, 7) is 1.88. The Labute approximate surface area is 236 Å². The number of rotatable bonds is 4. The fourth-order valence-corrected chi connectivity index (χ4v) is 5.93. The third-order valence-corrected chi connectivity index (χ3v) is 8.10. The third-order valence-electron chi connectivity index (χ3n) is 7.13. The van der Waals surface area contributed by atoms with Crippen LogP contribution in [0.25, 0.3) is 5.76 Å². The molecule has 1 aliphatic carbocycles. The van der Waals surface area contributed by atoms with Crippen molar-refractivity contribution < 1.29 is 14.6 Å². The molecule has 2 aliphatic rings. The van der Waals surface area contributed by atoms with Gasteiger partial charge in [0.2, 0.25) is 0 Å². The number of Topliss-reactive ketones (excluding diaryl/α,β-unsaturated/α-hetero) is 1. The number of aliphatic hydroxyl groups excluding tert-OH is 1. The molecule has 0 bridgehead atoms. The number of nitrogens with one attached hydrogen (secondary N) is 1. The average Bonchev–Trinajstić information content (AvgIpc) is 2.90. The molecule has 0 aromatic heterocycles. The average molecular weight is 568 g/mol. The molecule has 0 radical (unpaired) electrons. The van der Waals surface area contributed by atoms with Gasteiger partial charge in [-0.2, -0.15) is 0 Å². The molecular formula is C30H25Cl3N2O3. The van der Waals surface area contributed by atoms with Crippen molar-refractivity contribution in [3.63, 3.8) is 0 Å². The minimum atomic E-state index is -0.757. The maximum Gasteiger partial charge on any atom is 0.161 e. The summed E-state index contributed by atoms with van der Waals surface area (Å²) < 4.78 is 5.27. The lowest BCUT2D eigenvalue weighted by Gasteiger charge is -2.42. The Balaban J connectivity index is 1.85. The Morgan fingerprint density at radius 2 is 1.76 bits per heavy atom. The molecule has 1 heterocycles. The molecule has 2 N–H and O–H groups in total. The number of allylic oxidation sites excluding steroid dienone is 2. The van der Waals surface area contributed by atoms with Gasteiger partial charge in [0.25, 0.3) is 0 Å². The monoisotopic (exact) mass is 566 g/mol. The number of nitrogens with zero attached hydrogens (tertiary/aromatic N) is 1. The summed E-state index contributed by atoms with van der Waals surface area (Å²) in [4.78, 5) is 15.4. The molecule has 0 fully saturated rings. The Hall–Kier alpha value is -3.25. The van der Waals surface area contributed by atoms with E-state index >= 15 is 0 Å². The number of aliphatic hydroxyl groups is 1. The second kappa shape index (κ2) is 10.5. The van der Waals surface area contributed by atoms with E-state index in [0.717, 1.165) is 11.3 Å². The second-order valence-corrected chi connectivity index (χ2v) is 10.5. The van der Waals surface area contributed by atoms with Gasteiger partial charge in [0.15, 0.2) is 5.78 Å². The van der Waals surface area contributed by atoms with Crippen molar-refractivity contribution >= 4 is 57.9 Å². The van der Waals surface area contributed by atoms with Crippen LogP contribution < -0.4 is 9.64 Å². The van der Waals surface area contributed by atoms with E-state index in [2.05, 4.69) is 0 Å².